The lowest BCUT2D eigenvalue weighted by molar-refractivity contribution is -0.126. The number of nitrogens with one attached hydrogen (secondary N) is 2. The van der Waals surface area contributed by atoms with E-state index in [0.29, 0.717) is 54.9 Å². The first kappa shape index (κ1) is 21.4. The van der Waals surface area contributed by atoms with Crippen molar-refractivity contribution in [3.8, 4) is 17.3 Å². The third-order valence-corrected chi connectivity index (χ3v) is 5.03. The zero-order valence-electron chi connectivity index (χ0n) is 17.9. The fourth-order valence-electron chi connectivity index (χ4n) is 3.32. The van der Waals surface area contributed by atoms with Crippen molar-refractivity contribution in [2.75, 3.05) is 18.5 Å². The number of imidazole rings is 1. The van der Waals surface area contributed by atoms with Gasteiger partial charge in [-0.2, -0.15) is 0 Å². The number of imide groups is 1. The van der Waals surface area contributed by atoms with E-state index < -0.39 is 6.03 Å². The molecule has 166 valence electrons. The van der Waals surface area contributed by atoms with Crippen LogP contribution >= 0.6 is 0 Å². The number of carbonyl (C=O) groups is 2. The number of carbonyl (C=O) groups excluding carboxylic acids is 2. The van der Waals surface area contributed by atoms with E-state index in [-0.39, 0.29) is 11.8 Å². The molecule has 0 saturated carbocycles. The largest absolute Gasteiger partial charge is 0.455 e. The molecule has 2 N–H and O–H groups in total. The van der Waals surface area contributed by atoms with Gasteiger partial charge in [0.1, 0.15) is 29.5 Å². The lowest BCUT2D eigenvalue weighted by atomic mass is 10.00. The highest BCUT2D eigenvalue weighted by atomic mass is 16.5. The van der Waals surface area contributed by atoms with E-state index in [9.17, 15) is 9.59 Å². The number of anilines is 1. The number of ether oxygens (including phenoxy) is 2. The minimum atomic E-state index is -0.614. The highest BCUT2D eigenvalue weighted by molar-refractivity contribution is 6.01. The Morgan fingerprint density at radius 1 is 1.16 bits per heavy atom. The zero-order valence-corrected chi connectivity index (χ0v) is 17.9. The van der Waals surface area contributed by atoms with E-state index >= 15 is 0 Å². The maximum atomic E-state index is 12.2. The van der Waals surface area contributed by atoms with Gasteiger partial charge < -0.3 is 9.47 Å². The summed E-state index contributed by atoms with van der Waals surface area (Å²) in [6.45, 7) is 4.74. The molecule has 3 aromatic heterocycles. The summed E-state index contributed by atoms with van der Waals surface area (Å²) in [5.41, 5.74) is 1.47. The Labute approximate surface area is 185 Å². The summed E-state index contributed by atoms with van der Waals surface area (Å²) in [6.07, 6.45) is 6.43. The Hall–Kier alpha value is -3.79. The molecule has 4 heterocycles. The van der Waals surface area contributed by atoms with Gasteiger partial charge in [0.25, 0.3) is 0 Å². The van der Waals surface area contributed by atoms with E-state index in [1.807, 2.05) is 13.1 Å². The normalized spacial score (nSPS) is 14.1. The average molecular weight is 436 g/mol. The Kier molecular flexibility index (Phi) is 6.41. The van der Waals surface area contributed by atoms with Crippen LogP contribution in [0.25, 0.3) is 5.82 Å². The summed E-state index contributed by atoms with van der Waals surface area (Å²) in [4.78, 5) is 37.2. The van der Waals surface area contributed by atoms with E-state index in [1.54, 1.807) is 48.3 Å². The summed E-state index contributed by atoms with van der Waals surface area (Å²) in [6, 6.07) is 6.24. The van der Waals surface area contributed by atoms with Crippen molar-refractivity contribution in [3.05, 3.63) is 54.4 Å². The topological polar surface area (TPSA) is 120 Å². The van der Waals surface area contributed by atoms with Gasteiger partial charge in [-0.3, -0.25) is 20.0 Å². The second-order valence-corrected chi connectivity index (χ2v) is 7.48. The minimum absolute atomic E-state index is 0.212. The van der Waals surface area contributed by atoms with Crippen LogP contribution in [0.4, 0.5) is 10.6 Å². The number of nitrogens with zero attached hydrogens (tertiary/aromatic N) is 4. The number of rotatable bonds is 5. The number of aryl methyl sites for hydroxylation is 2. The number of amides is 3. The molecular formula is C22H24N6O4. The third-order valence-electron chi connectivity index (χ3n) is 5.03. The molecule has 1 aliphatic rings. The molecule has 3 aromatic rings. The Morgan fingerprint density at radius 2 is 1.97 bits per heavy atom. The van der Waals surface area contributed by atoms with Crippen molar-refractivity contribution < 1.29 is 19.1 Å². The lowest BCUT2D eigenvalue weighted by Crippen LogP contribution is -2.40. The summed E-state index contributed by atoms with van der Waals surface area (Å²) < 4.78 is 13.0. The van der Waals surface area contributed by atoms with Gasteiger partial charge in [-0.15, -0.1) is 0 Å². The number of urea groups is 1. The van der Waals surface area contributed by atoms with Gasteiger partial charge in [-0.1, -0.05) is 0 Å². The van der Waals surface area contributed by atoms with E-state index in [4.69, 9.17) is 9.47 Å². The van der Waals surface area contributed by atoms with Gasteiger partial charge in [0.15, 0.2) is 0 Å². The zero-order chi connectivity index (χ0) is 22.5. The molecule has 0 bridgehead atoms. The van der Waals surface area contributed by atoms with Crippen LogP contribution in [-0.4, -0.2) is 44.7 Å². The predicted molar refractivity (Wildman–Crippen MR) is 116 cm³/mol. The van der Waals surface area contributed by atoms with Crippen LogP contribution in [0.3, 0.4) is 0 Å². The second-order valence-electron chi connectivity index (χ2n) is 7.48. The van der Waals surface area contributed by atoms with Crippen molar-refractivity contribution in [1.29, 1.82) is 0 Å². The minimum Gasteiger partial charge on any atom is -0.455 e. The maximum Gasteiger partial charge on any atom is 0.327 e. The van der Waals surface area contributed by atoms with Crippen molar-refractivity contribution in [2.24, 2.45) is 5.92 Å². The van der Waals surface area contributed by atoms with Gasteiger partial charge in [0.2, 0.25) is 5.91 Å². The average Bonchev–Trinajstić information content (AvgIpc) is 3.23. The third kappa shape index (κ3) is 5.27. The fourth-order valence-corrected chi connectivity index (χ4v) is 3.32. The molecule has 10 heteroatoms. The molecule has 0 unspecified atom stereocenters. The highest BCUT2D eigenvalue weighted by Crippen LogP contribution is 2.26. The van der Waals surface area contributed by atoms with Gasteiger partial charge >= 0.3 is 6.03 Å². The van der Waals surface area contributed by atoms with Crippen molar-refractivity contribution >= 4 is 17.8 Å². The Bertz CT molecular complexity index is 1120. The first-order chi connectivity index (χ1) is 15.5. The van der Waals surface area contributed by atoms with Gasteiger partial charge in [-0.25, -0.2) is 19.7 Å². The maximum absolute atomic E-state index is 12.2. The smallest absolute Gasteiger partial charge is 0.327 e. The molecular weight excluding hydrogens is 412 g/mol. The molecule has 1 saturated heterocycles. The number of pyridine rings is 2. The quantitative estimate of drug-likeness (QED) is 0.630. The Morgan fingerprint density at radius 3 is 2.69 bits per heavy atom. The molecule has 4 rings (SSSR count). The monoisotopic (exact) mass is 436 g/mol. The summed E-state index contributed by atoms with van der Waals surface area (Å²) in [5, 5.41) is 4.95. The molecule has 1 aliphatic heterocycles. The first-order valence-corrected chi connectivity index (χ1v) is 10.3. The van der Waals surface area contributed by atoms with Gasteiger partial charge in [-0.05, 0) is 44.9 Å². The molecule has 0 aromatic carbocycles. The molecule has 0 radical (unpaired) electrons. The van der Waals surface area contributed by atoms with Crippen LogP contribution in [0.5, 0.6) is 11.5 Å². The van der Waals surface area contributed by atoms with E-state index in [2.05, 4.69) is 25.6 Å². The second kappa shape index (κ2) is 9.56. The number of hydrogen-bond acceptors (Lipinski definition) is 7. The van der Waals surface area contributed by atoms with E-state index in [1.165, 1.54) is 0 Å². The highest BCUT2D eigenvalue weighted by Gasteiger charge is 2.23. The summed E-state index contributed by atoms with van der Waals surface area (Å²) in [5.74, 6) is 1.61. The molecule has 0 aliphatic carbocycles. The molecule has 32 heavy (non-hydrogen) atoms. The molecule has 3 amide bonds. The molecule has 0 atom stereocenters. The van der Waals surface area contributed by atoms with Crippen molar-refractivity contribution in [1.82, 2.24) is 24.8 Å². The van der Waals surface area contributed by atoms with Crippen molar-refractivity contribution in [3.63, 3.8) is 0 Å². The Balaban J connectivity index is 1.38. The summed E-state index contributed by atoms with van der Waals surface area (Å²) in [7, 11) is 0. The number of hydrogen-bond donors (Lipinski definition) is 2. The van der Waals surface area contributed by atoms with Crippen LogP contribution in [0.2, 0.25) is 0 Å². The predicted octanol–water partition coefficient (Wildman–Crippen LogP) is 3.15. The molecule has 1 fully saturated rings. The van der Waals surface area contributed by atoms with Crippen LogP contribution < -0.4 is 15.4 Å². The van der Waals surface area contributed by atoms with Gasteiger partial charge in [0.05, 0.1) is 11.4 Å². The van der Waals surface area contributed by atoms with Gasteiger partial charge in [0, 0.05) is 37.6 Å². The molecule has 10 nitrogen and oxygen atoms in total. The standard InChI is InChI=1S/C22H24N6O4/c1-14-12-28(13-24-14)20-11-17(5-8-23-20)32-18-3-4-19(25-15(18)2)26-22(30)27-21(29)16-6-9-31-10-7-16/h3-5,8,11-13,16H,6-7,9-10H2,1-2H3,(H2,25,26,27,29,30). The molecule has 0 spiro atoms. The van der Waals surface area contributed by atoms with Crippen LogP contribution in [-0.2, 0) is 9.53 Å². The van der Waals surface area contributed by atoms with E-state index in [0.717, 1.165) is 5.69 Å². The van der Waals surface area contributed by atoms with Crippen LogP contribution in [0, 0.1) is 19.8 Å². The van der Waals surface area contributed by atoms with Crippen molar-refractivity contribution in [2.45, 2.75) is 26.7 Å². The van der Waals surface area contributed by atoms with Crippen LogP contribution in [0.15, 0.2) is 43.0 Å². The number of aromatic nitrogens is 4. The summed E-state index contributed by atoms with van der Waals surface area (Å²) >= 11 is 0. The lowest BCUT2D eigenvalue weighted by Gasteiger charge is -2.20. The van der Waals surface area contributed by atoms with Crippen LogP contribution in [0.1, 0.15) is 24.2 Å². The fraction of sp³-hybridized carbons (Fsp3) is 0.318. The first-order valence-electron chi connectivity index (χ1n) is 10.3. The SMILES string of the molecule is Cc1cn(-c2cc(Oc3ccc(NC(=O)NC(=O)C4CCOCC4)nc3C)ccn2)cn1.